The number of hydrogen-bond acceptors (Lipinski definition) is 2. The minimum Gasteiger partial charge on any atom is -0.478 e. The van der Waals surface area contributed by atoms with Crippen molar-refractivity contribution in [2.24, 2.45) is 0 Å². The number of aromatic carboxylic acids is 1. The van der Waals surface area contributed by atoms with Gasteiger partial charge in [0.05, 0.1) is 16.3 Å². The van der Waals surface area contributed by atoms with E-state index in [0.29, 0.717) is 0 Å². The van der Waals surface area contributed by atoms with Crippen molar-refractivity contribution in [3.8, 4) is 0 Å². The molecule has 0 atom stereocenters. The van der Waals surface area contributed by atoms with Crippen molar-refractivity contribution in [2.45, 2.75) is 0 Å². The van der Waals surface area contributed by atoms with Gasteiger partial charge in [0.2, 0.25) is 0 Å². The van der Waals surface area contributed by atoms with Crippen molar-refractivity contribution < 1.29 is 19.1 Å². The molecule has 2 N–H and O–H groups in total. The van der Waals surface area contributed by atoms with Crippen molar-refractivity contribution in [3.63, 3.8) is 0 Å². The maximum Gasteiger partial charge on any atom is 0.335 e. The number of amides is 1. The van der Waals surface area contributed by atoms with Crippen LogP contribution in [0.1, 0.15) is 20.7 Å². The van der Waals surface area contributed by atoms with Crippen molar-refractivity contribution in [2.75, 3.05) is 5.32 Å². The molecular formula is C14H9ClFNO3. The van der Waals surface area contributed by atoms with Crippen LogP contribution in [0.15, 0.2) is 42.5 Å². The Morgan fingerprint density at radius 1 is 1.05 bits per heavy atom. The van der Waals surface area contributed by atoms with E-state index >= 15 is 0 Å². The molecular weight excluding hydrogens is 285 g/mol. The van der Waals surface area contributed by atoms with Crippen LogP contribution in [0, 0.1) is 5.82 Å². The second kappa shape index (κ2) is 5.71. The molecule has 0 heterocycles. The van der Waals surface area contributed by atoms with Crippen molar-refractivity contribution >= 4 is 29.2 Å². The summed E-state index contributed by atoms with van der Waals surface area (Å²) in [5.74, 6) is -2.03. The molecule has 0 aliphatic carbocycles. The third-order valence-corrected chi connectivity index (χ3v) is 2.89. The number of carbonyl (C=O) groups excluding carboxylic acids is 1. The van der Waals surface area contributed by atoms with E-state index in [-0.39, 0.29) is 21.8 Å². The number of carboxylic acid groups (broad SMARTS) is 1. The van der Waals surface area contributed by atoms with Gasteiger partial charge in [-0.2, -0.15) is 0 Å². The Morgan fingerprint density at radius 2 is 1.65 bits per heavy atom. The quantitative estimate of drug-likeness (QED) is 0.911. The van der Waals surface area contributed by atoms with Gasteiger partial charge in [0, 0.05) is 5.56 Å². The first-order valence-electron chi connectivity index (χ1n) is 5.57. The maximum absolute atomic E-state index is 12.9. The molecule has 102 valence electrons. The molecule has 0 aliphatic rings. The summed E-state index contributed by atoms with van der Waals surface area (Å²) in [7, 11) is 0. The van der Waals surface area contributed by atoms with E-state index in [2.05, 4.69) is 5.32 Å². The smallest absolute Gasteiger partial charge is 0.335 e. The molecule has 0 saturated carbocycles. The van der Waals surface area contributed by atoms with Crippen LogP contribution >= 0.6 is 11.6 Å². The second-order valence-electron chi connectivity index (χ2n) is 3.96. The lowest BCUT2D eigenvalue weighted by atomic mass is 10.1. The molecule has 0 radical (unpaired) electrons. The monoisotopic (exact) mass is 293 g/mol. The van der Waals surface area contributed by atoms with Gasteiger partial charge >= 0.3 is 5.97 Å². The Labute approximate surface area is 118 Å². The highest BCUT2D eigenvalue weighted by Gasteiger charge is 2.10. The molecule has 2 aromatic rings. The lowest BCUT2D eigenvalue weighted by Crippen LogP contribution is -2.12. The maximum atomic E-state index is 12.9. The number of carboxylic acids is 1. The fraction of sp³-hybridized carbons (Fsp3) is 0. The van der Waals surface area contributed by atoms with Crippen LogP contribution in [-0.2, 0) is 0 Å². The predicted octanol–water partition coefficient (Wildman–Crippen LogP) is 3.43. The minimum absolute atomic E-state index is 0.0838. The van der Waals surface area contributed by atoms with Crippen LogP contribution in [0.25, 0.3) is 0 Å². The zero-order valence-corrected chi connectivity index (χ0v) is 10.8. The highest BCUT2D eigenvalue weighted by Crippen LogP contribution is 2.23. The largest absolute Gasteiger partial charge is 0.478 e. The van der Waals surface area contributed by atoms with Gasteiger partial charge in [-0.1, -0.05) is 11.6 Å². The first-order valence-corrected chi connectivity index (χ1v) is 5.95. The van der Waals surface area contributed by atoms with Crippen molar-refractivity contribution in [1.29, 1.82) is 0 Å². The molecule has 0 fully saturated rings. The van der Waals surface area contributed by atoms with Crippen LogP contribution in [0.4, 0.5) is 10.1 Å². The van der Waals surface area contributed by atoms with Gasteiger partial charge < -0.3 is 10.4 Å². The fourth-order valence-electron chi connectivity index (χ4n) is 1.55. The van der Waals surface area contributed by atoms with Crippen LogP contribution in [0.2, 0.25) is 5.02 Å². The number of carbonyl (C=O) groups is 2. The Kier molecular flexibility index (Phi) is 4.00. The lowest BCUT2D eigenvalue weighted by Gasteiger charge is -2.07. The standard InChI is InChI=1S/C14H9ClFNO3/c15-11-7-10(16)5-6-12(11)17-13(18)8-1-3-9(4-2-8)14(19)20/h1-7H,(H,17,18)(H,19,20). The summed E-state index contributed by atoms with van der Waals surface area (Å²) in [6.07, 6.45) is 0. The van der Waals surface area contributed by atoms with Gasteiger partial charge in [-0.15, -0.1) is 0 Å². The van der Waals surface area contributed by atoms with E-state index in [4.69, 9.17) is 16.7 Å². The summed E-state index contributed by atoms with van der Waals surface area (Å²) in [6.45, 7) is 0. The van der Waals surface area contributed by atoms with Crippen LogP contribution in [0.5, 0.6) is 0 Å². The third-order valence-electron chi connectivity index (χ3n) is 2.57. The van der Waals surface area contributed by atoms with Gasteiger partial charge in [-0.25, -0.2) is 9.18 Å². The summed E-state index contributed by atoms with van der Waals surface area (Å²) in [5, 5.41) is 11.4. The van der Waals surface area contributed by atoms with Gasteiger partial charge in [0.25, 0.3) is 5.91 Å². The summed E-state index contributed by atoms with van der Waals surface area (Å²) in [5.41, 5.74) is 0.636. The molecule has 4 nitrogen and oxygen atoms in total. The molecule has 2 rings (SSSR count). The van der Waals surface area contributed by atoms with Crippen molar-refractivity contribution in [1.82, 2.24) is 0 Å². The van der Waals surface area contributed by atoms with E-state index in [9.17, 15) is 14.0 Å². The van der Waals surface area contributed by atoms with E-state index in [1.165, 1.54) is 36.4 Å². The SMILES string of the molecule is O=C(O)c1ccc(C(=O)Nc2ccc(F)cc2Cl)cc1. The molecule has 0 spiro atoms. The Hall–Kier alpha value is -2.40. The summed E-state index contributed by atoms with van der Waals surface area (Å²) < 4.78 is 12.9. The number of rotatable bonds is 3. The molecule has 20 heavy (non-hydrogen) atoms. The molecule has 2 aromatic carbocycles. The second-order valence-corrected chi connectivity index (χ2v) is 4.37. The lowest BCUT2D eigenvalue weighted by molar-refractivity contribution is 0.0696. The van der Waals surface area contributed by atoms with Crippen molar-refractivity contribution in [3.05, 3.63) is 64.4 Å². The number of halogens is 2. The van der Waals surface area contributed by atoms with Crippen LogP contribution in [-0.4, -0.2) is 17.0 Å². The summed E-state index contributed by atoms with van der Waals surface area (Å²) in [6, 6.07) is 9.03. The minimum atomic E-state index is -1.07. The Bertz CT molecular complexity index is 671. The van der Waals surface area contributed by atoms with Gasteiger partial charge in [-0.3, -0.25) is 4.79 Å². The molecule has 6 heteroatoms. The predicted molar refractivity (Wildman–Crippen MR) is 72.8 cm³/mol. The molecule has 0 bridgehead atoms. The van der Waals surface area contributed by atoms with Crippen LogP contribution < -0.4 is 5.32 Å². The number of benzene rings is 2. The summed E-state index contributed by atoms with van der Waals surface area (Å²) in [4.78, 5) is 22.6. The van der Waals surface area contributed by atoms with Gasteiger partial charge in [0.15, 0.2) is 0 Å². The summed E-state index contributed by atoms with van der Waals surface area (Å²) >= 11 is 5.80. The average molecular weight is 294 g/mol. The zero-order valence-electron chi connectivity index (χ0n) is 10.1. The number of hydrogen-bond donors (Lipinski definition) is 2. The topological polar surface area (TPSA) is 66.4 Å². The van der Waals surface area contributed by atoms with Gasteiger partial charge in [-0.05, 0) is 42.5 Å². The van der Waals surface area contributed by atoms with E-state index < -0.39 is 17.7 Å². The van der Waals surface area contributed by atoms with E-state index in [1.54, 1.807) is 0 Å². The average Bonchev–Trinajstić information content (AvgIpc) is 2.42. The number of anilines is 1. The first-order chi connectivity index (χ1) is 9.47. The molecule has 0 unspecified atom stereocenters. The van der Waals surface area contributed by atoms with E-state index in [1.807, 2.05) is 0 Å². The third kappa shape index (κ3) is 3.13. The first kappa shape index (κ1) is 14.0. The van der Waals surface area contributed by atoms with E-state index in [0.717, 1.165) is 6.07 Å². The van der Waals surface area contributed by atoms with Gasteiger partial charge in [0.1, 0.15) is 5.82 Å². The molecule has 0 aromatic heterocycles. The molecule has 1 amide bonds. The fourth-order valence-corrected chi connectivity index (χ4v) is 1.76. The molecule has 0 saturated heterocycles. The highest BCUT2D eigenvalue weighted by molar-refractivity contribution is 6.33. The number of nitrogens with one attached hydrogen (secondary N) is 1. The zero-order chi connectivity index (χ0) is 14.7. The van der Waals surface area contributed by atoms with Crippen LogP contribution in [0.3, 0.4) is 0 Å². The molecule has 0 aliphatic heterocycles. The Morgan fingerprint density at radius 3 is 2.20 bits per heavy atom. The highest BCUT2D eigenvalue weighted by atomic mass is 35.5. The Balaban J connectivity index is 2.17. The normalized spacial score (nSPS) is 10.1.